The molecule has 0 fully saturated rings. The molecule has 1 aliphatic carbocycles. The zero-order chi connectivity index (χ0) is 10.9. The summed E-state index contributed by atoms with van der Waals surface area (Å²) in [5.74, 6) is -1.56. The molecule has 0 heterocycles. The van der Waals surface area contributed by atoms with E-state index in [1.807, 2.05) is 0 Å². The summed E-state index contributed by atoms with van der Waals surface area (Å²) < 4.78 is 21.1. The van der Waals surface area contributed by atoms with Crippen LogP contribution in [0.15, 0.2) is 21.7 Å². The molecule has 0 spiro atoms. The van der Waals surface area contributed by atoms with Gasteiger partial charge in [-0.25, -0.2) is 0 Å². The second-order valence-corrected chi connectivity index (χ2v) is 4.27. The van der Waals surface area contributed by atoms with Crippen LogP contribution < -0.4 is 34.7 Å². The van der Waals surface area contributed by atoms with E-state index < -0.39 is 21.8 Å². The largest absolute Gasteiger partial charge is 1.00 e. The molecule has 0 saturated carbocycles. The molecule has 15 heavy (non-hydrogen) atoms. The Morgan fingerprint density at radius 3 is 2.33 bits per heavy atom. The Morgan fingerprint density at radius 2 is 1.93 bits per heavy atom. The fraction of sp³-hybridized carbons (Fsp3) is 0.143. The zero-order valence-electron chi connectivity index (χ0n) is 7.58. The number of rotatable bonds is 1. The zero-order valence-corrected chi connectivity index (χ0v) is 11.9. The minimum Gasteiger partial charge on any atom is -0.545 e. The van der Waals surface area contributed by atoms with E-state index in [0.29, 0.717) is 0 Å². The van der Waals surface area contributed by atoms with Crippen LogP contribution in [-0.4, -0.2) is 19.3 Å². The van der Waals surface area contributed by atoms with Crippen molar-refractivity contribution in [1.82, 2.24) is 0 Å². The van der Waals surface area contributed by atoms with Gasteiger partial charge >= 0.3 is 29.6 Å². The molecular weight excluding hydrogens is 274 g/mol. The Balaban J connectivity index is 0.00000196. The first-order valence-electron chi connectivity index (χ1n) is 3.36. The predicted octanol–water partition coefficient (Wildman–Crippen LogP) is -3.19. The maximum absolute atomic E-state index is 10.6. The van der Waals surface area contributed by atoms with Crippen molar-refractivity contribution in [2.75, 3.05) is 0 Å². The quantitative estimate of drug-likeness (QED) is 0.374. The average molecular weight is 277 g/mol. The summed E-state index contributed by atoms with van der Waals surface area (Å²) in [6.07, 6.45) is 0.847. The number of allylic oxidation sites excluding steroid dienone is 2. The fourth-order valence-corrected chi connectivity index (χ4v) is 1.91. The van der Waals surface area contributed by atoms with Gasteiger partial charge in [-0.15, -0.1) is 0 Å². The number of carbonyl (C=O) groups is 1. The van der Waals surface area contributed by atoms with Crippen molar-refractivity contribution in [2.24, 2.45) is 0 Å². The van der Waals surface area contributed by atoms with Crippen molar-refractivity contribution in [1.29, 1.82) is 0 Å². The van der Waals surface area contributed by atoms with E-state index in [9.17, 15) is 18.3 Å². The van der Waals surface area contributed by atoms with E-state index in [1.165, 1.54) is 0 Å². The van der Waals surface area contributed by atoms with E-state index in [0.717, 1.165) is 6.08 Å². The predicted molar refractivity (Wildman–Crippen MR) is 50.4 cm³/mol. The Hall–Kier alpha value is 0.220. The van der Waals surface area contributed by atoms with Crippen LogP contribution in [0.3, 0.4) is 0 Å². The minimum atomic E-state index is -2.50. The van der Waals surface area contributed by atoms with Crippen LogP contribution in [0.2, 0.25) is 0 Å². The third kappa shape index (κ3) is 3.62. The molecule has 0 amide bonds. The molecule has 1 aliphatic rings. The van der Waals surface area contributed by atoms with Gasteiger partial charge in [0.2, 0.25) is 10.3 Å². The van der Waals surface area contributed by atoms with E-state index >= 15 is 0 Å². The van der Waals surface area contributed by atoms with Crippen LogP contribution in [0, 0.1) is 0 Å². The molecule has 8 heteroatoms. The number of aliphatic carboxylic acids is 1. The first kappa shape index (κ1) is 15.2. The van der Waals surface area contributed by atoms with Crippen molar-refractivity contribution in [3.05, 3.63) is 21.7 Å². The van der Waals surface area contributed by atoms with Gasteiger partial charge in [0, 0.05) is 17.0 Å². The number of carbonyl (C=O) groups excluding carboxylic acids is 1. The maximum Gasteiger partial charge on any atom is 1.00 e. The molecular formula is C7H3Cl2NaO4S. The van der Waals surface area contributed by atoms with Crippen molar-refractivity contribution >= 4 is 44.3 Å². The molecule has 0 aromatic rings. The number of hydrogen-bond donors (Lipinski definition) is 0. The monoisotopic (exact) mass is 276 g/mol. The minimum absolute atomic E-state index is 0. The summed E-state index contributed by atoms with van der Waals surface area (Å²) in [4.78, 5) is 10.4. The van der Waals surface area contributed by atoms with E-state index in [2.05, 4.69) is 0 Å². The average Bonchev–Trinajstić information content (AvgIpc) is 2.08. The van der Waals surface area contributed by atoms with Crippen molar-refractivity contribution in [2.45, 2.75) is 6.42 Å². The van der Waals surface area contributed by atoms with Crippen molar-refractivity contribution < 1.29 is 47.9 Å². The Morgan fingerprint density at radius 1 is 1.40 bits per heavy atom. The fourth-order valence-electron chi connectivity index (χ4n) is 0.908. The van der Waals surface area contributed by atoms with Gasteiger partial charge < -0.3 is 9.90 Å². The smallest absolute Gasteiger partial charge is 0.545 e. The van der Waals surface area contributed by atoms with Gasteiger partial charge in [-0.2, -0.15) is 8.42 Å². The molecule has 0 unspecified atom stereocenters. The number of carboxylic acid groups (broad SMARTS) is 1. The third-order valence-corrected chi connectivity index (χ3v) is 3.08. The summed E-state index contributed by atoms with van der Waals surface area (Å²) in [5, 5.41) is 10.3. The standard InChI is InChI=1S/C7H4Cl2O4S.Na/c8-5-2-3(14(12)13)1-4(6(5)9)7(10)11;/h1H,2H2,(H,10,11);/q;+1/p-1. The topological polar surface area (TPSA) is 74.3 Å². The van der Waals surface area contributed by atoms with Crippen LogP contribution in [-0.2, 0) is 15.1 Å². The molecule has 4 nitrogen and oxygen atoms in total. The van der Waals surface area contributed by atoms with E-state index in [4.69, 9.17) is 23.2 Å². The number of halogens is 2. The SMILES string of the molecule is O=C([O-])C1=CC(=S(=O)=O)CC(Cl)=C1Cl.[Na+]. The number of carboxylic acids is 1. The van der Waals surface area contributed by atoms with Crippen LogP contribution in [0.5, 0.6) is 0 Å². The molecule has 0 saturated heterocycles. The summed E-state index contributed by atoms with van der Waals surface area (Å²) in [6.45, 7) is 0. The third-order valence-electron chi connectivity index (χ3n) is 1.54. The molecule has 1 rings (SSSR count). The van der Waals surface area contributed by atoms with Crippen LogP contribution in [0.1, 0.15) is 6.42 Å². The van der Waals surface area contributed by atoms with Gasteiger partial charge in [0.05, 0.1) is 15.9 Å². The molecule has 0 aromatic heterocycles. The first-order chi connectivity index (χ1) is 6.43. The van der Waals surface area contributed by atoms with Gasteiger partial charge in [0.1, 0.15) is 0 Å². The summed E-state index contributed by atoms with van der Waals surface area (Å²) >= 11 is 11.1. The molecule has 0 radical (unpaired) electrons. The van der Waals surface area contributed by atoms with Gasteiger partial charge in [0.25, 0.3) is 0 Å². The Kier molecular flexibility index (Phi) is 6.17. The molecule has 76 valence electrons. The van der Waals surface area contributed by atoms with Crippen molar-refractivity contribution in [3.63, 3.8) is 0 Å². The molecule has 0 aromatic carbocycles. The van der Waals surface area contributed by atoms with Crippen LogP contribution in [0.4, 0.5) is 0 Å². The van der Waals surface area contributed by atoms with Gasteiger partial charge in [0.15, 0.2) is 0 Å². The summed E-state index contributed by atoms with van der Waals surface area (Å²) in [5.41, 5.74) is -0.415. The van der Waals surface area contributed by atoms with Crippen LogP contribution in [0.25, 0.3) is 0 Å². The van der Waals surface area contributed by atoms with Gasteiger partial charge in [-0.3, -0.25) is 0 Å². The number of hydrogen-bond acceptors (Lipinski definition) is 4. The maximum atomic E-state index is 10.6. The Labute approximate surface area is 119 Å². The molecule has 0 bridgehead atoms. The molecule has 0 N–H and O–H groups in total. The molecule has 0 atom stereocenters. The molecule has 0 aliphatic heterocycles. The Bertz CT molecular complexity index is 481. The van der Waals surface area contributed by atoms with Crippen LogP contribution >= 0.6 is 23.2 Å². The first-order valence-corrected chi connectivity index (χ1v) is 5.19. The second kappa shape index (κ2) is 6.08. The second-order valence-electron chi connectivity index (χ2n) is 2.44. The van der Waals surface area contributed by atoms with Gasteiger partial charge in [-0.05, 0) is 6.08 Å². The normalized spacial score (nSPS) is 15.6. The summed E-state index contributed by atoms with van der Waals surface area (Å²) in [6, 6.07) is 0. The van der Waals surface area contributed by atoms with Gasteiger partial charge in [-0.1, -0.05) is 23.2 Å². The van der Waals surface area contributed by atoms with Crippen molar-refractivity contribution in [3.8, 4) is 0 Å². The van der Waals surface area contributed by atoms with E-state index in [1.54, 1.807) is 0 Å². The van der Waals surface area contributed by atoms with E-state index in [-0.39, 0.29) is 50.9 Å². The summed E-state index contributed by atoms with van der Waals surface area (Å²) in [7, 11) is -2.50.